The first-order chi connectivity index (χ1) is 10.5. The van der Waals surface area contributed by atoms with Crippen molar-refractivity contribution in [2.45, 2.75) is 13.0 Å². The van der Waals surface area contributed by atoms with Gasteiger partial charge in [0.25, 0.3) is 5.69 Å². The summed E-state index contributed by atoms with van der Waals surface area (Å²) in [6, 6.07) is 4.89. The minimum Gasteiger partial charge on any atom is -0.466 e. The number of rotatable bonds is 4. The van der Waals surface area contributed by atoms with E-state index in [1.807, 2.05) is 11.8 Å². The van der Waals surface area contributed by atoms with Crippen molar-refractivity contribution >= 4 is 23.4 Å². The van der Waals surface area contributed by atoms with E-state index in [2.05, 4.69) is 4.74 Å². The Hall–Kier alpha value is -2.41. The molecule has 1 saturated heterocycles. The van der Waals surface area contributed by atoms with Crippen LogP contribution in [0.3, 0.4) is 0 Å². The van der Waals surface area contributed by atoms with Gasteiger partial charge in [-0.25, -0.2) is 4.79 Å². The molecule has 22 heavy (non-hydrogen) atoms. The van der Waals surface area contributed by atoms with Gasteiger partial charge in [0.1, 0.15) is 5.69 Å². The molecule has 1 aromatic rings. The quantitative estimate of drug-likeness (QED) is 0.366. The monoisotopic (exact) mass is 306 g/mol. The maximum atomic E-state index is 11.3. The van der Waals surface area contributed by atoms with E-state index in [-0.39, 0.29) is 11.8 Å². The summed E-state index contributed by atoms with van der Waals surface area (Å²) in [6.07, 6.45) is 2.76. The number of nitrogens with zero attached hydrogens (tertiary/aromatic N) is 2. The van der Waals surface area contributed by atoms with Gasteiger partial charge >= 0.3 is 5.97 Å². The molecule has 0 bridgehead atoms. The number of morpholine rings is 1. The third kappa shape index (κ3) is 3.82. The Kier molecular flexibility index (Phi) is 5.11. The van der Waals surface area contributed by atoms with Gasteiger partial charge in [0.15, 0.2) is 0 Å². The first-order valence-corrected chi connectivity index (χ1v) is 6.92. The highest BCUT2D eigenvalue weighted by atomic mass is 16.6. The number of nitro benzene ring substituents is 1. The molecular weight excluding hydrogens is 288 g/mol. The second-order valence-corrected chi connectivity index (χ2v) is 4.99. The summed E-state index contributed by atoms with van der Waals surface area (Å²) in [7, 11) is 1.28. The molecule has 0 amide bonds. The van der Waals surface area contributed by atoms with E-state index in [1.54, 1.807) is 12.1 Å². The molecule has 0 N–H and O–H groups in total. The molecule has 0 aromatic heterocycles. The molecule has 1 aliphatic rings. The fourth-order valence-electron chi connectivity index (χ4n) is 2.33. The van der Waals surface area contributed by atoms with E-state index in [9.17, 15) is 14.9 Å². The Labute approximate surface area is 128 Å². The summed E-state index contributed by atoms with van der Waals surface area (Å²) in [4.78, 5) is 23.9. The van der Waals surface area contributed by atoms with Crippen molar-refractivity contribution < 1.29 is 19.2 Å². The van der Waals surface area contributed by atoms with Crippen LogP contribution in [0.25, 0.3) is 6.08 Å². The Morgan fingerprint density at radius 1 is 1.55 bits per heavy atom. The highest BCUT2D eigenvalue weighted by molar-refractivity contribution is 5.87. The molecule has 0 radical (unpaired) electrons. The van der Waals surface area contributed by atoms with Crippen LogP contribution in [-0.2, 0) is 14.3 Å². The number of benzene rings is 1. The predicted octanol–water partition coefficient (Wildman–Crippen LogP) is 2.01. The third-order valence-electron chi connectivity index (χ3n) is 3.39. The number of methoxy groups -OCH3 is 1. The maximum Gasteiger partial charge on any atom is 0.330 e. The highest BCUT2D eigenvalue weighted by Gasteiger charge is 2.24. The molecule has 0 saturated carbocycles. The van der Waals surface area contributed by atoms with Gasteiger partial charge in [-0.3, -0.25) is 10.1 Å². The topological polar surface area (TPSA) is 81.9 Å². The number of nitro groups is 1. The molecule has 1 aromatic carbocycles. The Morgan fingerprint density at radius 3 is 2.95 bits per heavy atom. The van der Waals surface area contributed by atoms with Crippen molar-refractivity contribution in [2.75, 3.05) is 31.7 Å². The molecule has 1 fully saturated rings. The summed E-state index contributed by atoms with van der Waals surface area (Å²) in [5, 5.41) is 11.3. The van der Waals surface area contributed by atoms with Gasteiger partial charge in [0.05, 0.1) is 24.7 Å². The zero-order chi connectivity index (χ0) is 16.1. The fourth-order valence-corrected chi connectivity index (χ4v) is 2.33. The Morgan fingerprint density at radius 2 is 2.32 bits per heavy atom. The molecule has 2 rings (SSSR count). The van der Waals surface area contributed by atoms with Gasteiger partial charge in [-0.05, 0) is 24.6 Å². The smallest absolute Gasteiger partial charge is 0.330 e. The number of hydrogen-bond acceptors (Lipinski definition) is 6. The number of hydrogen-bond donors (Lipinski definition) is 0. The minimum atomic E-state index is -0.506. The summed E-state index contributed by atoms with van der Waals surface area (Å²) < 4.78 is 9.96. The van der Waals surface area contributed by atoms with Crippen LogP contribution < -0.4 is 4.90 Å². The largest absolute Gasteiger partial charge is 0.466 e. The van der Waals surface area contributed by atoms with E-state index < -0.39 is 10.9 Å². The van der Waals surface area contributed by atoms with Gasteiger partial charge in [0.2, 0.25) is 0 Å². The highest BCUT2D eigenvalue weighted by Crippen LogP contribution is 2.30. The lowest BCUT2D eigenvalue weighted by molar-refractivity contribution is -0.384. The molecule has 118 valence electrons. The van der Waals surface area contributed by atoms with Gasteiger partial charge < -0.3 is 14.4 Å². The molecule has 1 aliphatic heterocycles. The zero-order valence-corrected chi connectivity index (χ0v) is 12.5. The van der Waals surface area contributed by atoms with Crippen molar-refractivity contribution in [2.24, 2.45) is 0 Å². The summed E-state index contributed by atoms with van der Waals surface area (Å²) in [6.45, 7) is 3.70. The van der Waals surface area contributed by atoms with Crippen molar-refractivity contribution in [3.8, 4) is 0 Å². The summed E-state index contributed by atoms with van der Waals surface area (Å²) in [5.41, 5.74) is 1.15. The SMILES string of the molecule is COC(=O)/C=C/c1ccc(N2CCOC(C)C2)c([N+](=O)[O-])c1. The first-order valence-electron chi connectivity index (χ1n) is 6.92. The molecule has 1 atom stereocenters. The van der Waals surface area contributed by atoms with E-state index in [0.29, 0.717) is 30.9 Å². The maximum absolute atomic E-state index is 11.3. The lowest BCUT2D eigenvalue weighted by atomic mass is 10.1. The zero-order valence-electron chi connectivity index (χ0n) is 12.5. The molecule has 7 heteroatoms. The van der Waals surface area contributed by atoms with Crippen LogP contribution in [0.5, 0.6) is 0 Å². The predicted molar refractivity (Wildman–Crippen MR) is 81.8 cm³/mol. The number of carbonyl (C=O) groups is 1. The standard InChI is InChI=1S/C15H18N2O5/c1-11-10-16(7-8-22-11)13-5-3-12(4-6-15(18)21-2)9-14(13)17(19)20/h3-6,9,11H,7-8,10H2,1-2H3/b6-4+. The Balaban J connectivity index is 2.29. The molecule has 1 heterocycles. The van der Waals surface area contributed by atoms with Crippen LogP contribution in [0.1, 0.15) is 12.5 Å². The average Bonchev–Trinajstić information content (AvgIpc) is 2.52. The van der Waals surface area contributed by atoms with Crippen molar-refractivity contribution in [1.82, 2.24) is 0 Å². The normalized spacial score (nSPS) is 18.5. The fraction of sp³-hybridized carbons (Fsp3) is 0.400. The van der Waals surface area contributed by atoms with Crippen LogP contribution in [-0.4, -0.2) is 43.8 Å². The van der Waals surface area contributed by atoms with Crippen molar-refractivity contribution in [3.63, 3.8) is 0 Å². The second-order valence-electron chi connectivity index (χ2n) is 4.99. The molecule has 7 nitrogen and oxygen atoms in total. The van der Waals surface area contributed by atoms with Crippen LogP contribution in [0.2, 0.25) is 0 Å². The van der Waals surface area contributed by atoms with E-state index in [0.717, 1.165) is 0 Å². The minimum absolute atomic E-state index is 0.0149. The van der Waals surface area contributed by atoms with Gasteiger partial charge in [-0.1, -0.05) is 6.07 Å². The molecule has 1 unspecified atom stereocenters. The van der Waals surface area contributed by atoms with E-state index in [1.165, 1.54) is 25.3 Å². The summed E-state index contributed by atoms with van der Waals surface area (Å²) in [5.74, 6) is -0.506. The number of esters is 1. The van der Waals surface area contributed by atoms with Crippen LogP contribution in [0.4, 0.5) is 11.4 Å². The molecule has 0 spiro atoms. The number of ether oxygens (including phenoxy) is 2. The van der Waals surface area contributed by atoms with Crippen LogP contribution >= 0.6 is 0 Å². The summed E-state index contributed by atoms with van der Waals surface area (Å²) >= 11 is 0. The number of carbonyl (C=O) groups excluding carboxylic acids is 1. The van der Waals surface area contributed by atoms with Gasteiger partial charge in [-0.15, -0.1) is 0 Å². The van der Waals surface area contributed by atoms with Crippen molar-refractivity contribution in [3.05, 3.63) is 40.0 Å². The molecular formula is C15H18N2O5. The van der Waals surface area contributed by atoms with Gasteiger partial charge in [-0.2, -0.15) is 0 Å². The van der Waals surface area contributed by atoms with E-state index in [4.69, 9.17) is 4.74 Å². The lowest BCUT2D eigenvalue weighted by Gasteiger charge is -2.32. The lowest BCUT2D eigenvalue weighted by Crippen LogP contribution is -2.41. The van der Waals surface area contributed by atoms with Crippen LogP contribution in [0, 0.1) is 10.1 Å². The second kappa shape index (κ2) is 7.04. The Bertz CT molecular complexity index is 600. The number of anilines is 1. The van der Waals surface area contributed by atoms with E-state index >= 15 is 0 Å². The van der Waals surface area contributed by atoms with Crippen molar-refractivity contribution in [1.29, 1.82) is 0 Å². The average molecular weight is 306 g/mol. The third-order valence-corrected chi connectivity index (χ3v) is 3.39. The molecule has 0 aliphatic carbocycles. The van der Waals surface area contributed by atoms with Gasteiger partial charge in [0, 0.05) is 25.2 Å². The van der Waals surface area contributed by atoms with Crippen LogP contribution in [0.15, 0.2) is 24.3 Å². The first kappa shape index (κ1) is 16.0.